The molecule has 6 nitrogen and oxygen atoms in total. The van der Waals surface area contributed by atoms with Crippen LogP contribution in [0.25, 0.3) is 0 Å². The monoisotopic (exact) mass is 381 g/mol. The minimum absolute atomic E-state index is 0.0807. The van der Waals surface area contributed by atoms with E-state index in [2.05, 4.69) is 15.5 Å². The highest BCUT2D eigenvalue weighted by Crippen LogP contribution is 2.40. The van der Waals surface area contributed by atoms with Crippen LogP contribution in [0, 0.1) is 12.7 Å². The van der Waals surface area contributed by atoms with Crippen molar-refractivity contribution in [3.05, 3.63) is 70.7 Å². The summed E-state index contributed by atoms with van der Waals surface area (Å²) in [6.45, 7) is 2.03. The molecule has 0 radical (unpaired) electrons. The Morgan fingerprint density at radius 2 is 2.04 bits per heavy atom. The van der Waals surface area contributed by atoms with E-state index in [9.17, 15) is 9.18 Å². The first kappa shape index (κ1) is 18.0. The maximum absolute atomic E-state index is 13.8. The Bertz CT molecular complexity index is 1030. The molecular weight excluding hydrogens is 361 g/mol. The van der Waals surface area contributed by atoms with Crippen LogP contribution in [0.4, 0.5) is 10.2 Å². The van der Waals surface area contributed by atoms with Gasteiger partial charge in [0.1, 0.15) is 12.4 Å². The molecule has 4 rings (SSSR count). The molecule has 0 unspecified atom stereocenters. The van der Waals surface area contributed by atoms with Crippen LogP contribution in [-0.2, 0) is 11.4 Å². The summed E-state index contributed by atoms with van der Waals surface area (Å²) < 4.78 is 25.1. The van der Waals surface area contributed by atoms with Gasteiger partial charge in [0.25, 0.3) is 0 Å². The molecule has 1 aromatic heterocycles. The van der Waals surface area contributed by atoms with Crippen LogP contribution in [-0.4, -0.2) is 23.2 Å². The number of hydrogen-bond donors (Lipinski definition) is 2. The molecular formula is C21H20FN3O3. The zero-order chi connectivity index (χ0) is 19.7. The van der Waals surface area contributed by atoms with E-state index in [0.29, 0.717) is 29.3 Å². The van der Waals surface area contributed by atoms with E-state index in [1.54, 1.807) is 31.4 Å². The van der Waals surface area contributed by atoms with Gasteiger partial charge in [-0.05, 0) is 30.7 Å². The van der Waals surface area contributed by atoms with Crippen LogP contribution in [0.15, 0.2) is 42.5 Å². The number of aromatic amines is 1. The highest BCUT2D eigenvalue weighted by atomic mass is 19.1. The van der Waals surface area contributed by atoms with Crippen LogP contribution in [0.3, 0.4) is 0 Å². The van der Waals surface area contributed by atoms with E-state index < -0.39 is 0 Å². The van der Waals surface area contributed by atoms with Crippen LogP contribution in [0.5, 0.6) is 11.5 Å². The number of amides is 1. The molecule has 2 heterocycles. The summed E-state index contributed by atoms with van der Waals surface area (Å²) in [4.78, 5) is 12.1. The predicted octanol–water partition coefficient (Wildman–Crippen LogP) is 3.92. The van der Waals surface area contributed by atoms with E-state index in [-0.39, 0.29) is 24.2 Å². The number of aryl methyl sites for hydroxylation is 1. The minimum Gasteiger partial charge on any atom is -0.493 e. The lowest BCUT2D eigenvalue weighted by atomic mass is 9.85. The number of nitrogens with zero attached hydrogens (tertiary/aromatic N) is 1. The Labute approximate surface area is 161 Å². The van der Waals surface area contributed by atoms with Crippen molar-refractivity contribution >= 4 is 11.7 Å². The molecule has 0 bridgehead atoms. The molecule has 3 aromatic rings. The first-order valence-corrected chi connectivity index (χ1v) is 8.95. The molecule has 0 fully saturated rings. The molecule has 1 atom stereocenters. The summed E-state index contributed by atoms with van der Waals surface area (Å²) in [6, 6.07) is 12.0. The van der Waals surface area contributed by atoms with Crippen molar-refractivity contribution in [1.29, 1.82) is 0 Å². The predicted molar refractivity (Wildman–Crippen MR) is 102 cm³/mol. The van der Waals surface area contributed by atoms with Crippen LogP contribution < -0.4 is 14.8 Å². The standard InChI is InChI=1S/C21H20FN3O3/c1-12-20-15(10-19(26)23-21(20)25-24-12)13-7-8-17(18(9-13)27-2)28-11-14-5-3-4-6-16(14)22/h3-9,15H,10-11H2,1-2H3,(H2,23,24,25,26)/t15-/m1/s1. The van der Waals surface area contributed by atoms with Crippen molar-refractivity contribution in [1.82, 2.24) is 10.2 Å². The molecule has 28 heavy (non-hydrogen) atoms. The smallest absolute Gasteiger partial charge is 0.226 e. The van der Waals surface area contributed by atoms with Crippen molar-refractivity contribution < 1.29 is 18.7 Å². The number of fused-ring (bicyclic) bond motifs is 1. The molecule has 1 aliphatic rings. The summed E-state index contributed by atoms with van der Waals surface area (Å²) in [5.74, 6) is 1.09. The Balaban J connectivity index is 1.62. The fourth-order valence-corrected chi connectivity index (χ4v) is 3.51. The quantitative estimate of drug-likeness (QED) is 0.702. The lowest BCUT2D eigenvalue weighted by Crippen LogP contribution is -2.23. The Kier molecular flexibility index (Phi) is 4.73. The second-order valence-corrected chi connectivity index (χ2v) is 6.71. The van der Waals surface area contributed by atoms with Crippen LogP contribution in [0.1, 0.15) is 34.7 Å². The maximum Gasteiger partial charge on any atom is 0.226 e. The van der Waals surface area contributed by atoms with Crippen LogP contribution >= 0.6 is 0 Å². The van der Waals surface area contributed by atoms with Crippen molar-refractivity contribution in [3.63, 3.8) is 0 Å². The topological polar surface area (TPSA) is 76.2 Å². The summed E-state index contributed by atoms with van der Waals surface area (Å²) in [5.41, 5.74) is 3.28. The molecule has 0 aliphatic carbocycles. The number of anilines is 1. The molecule has 0 spiro atoms. The molecule has 2 N–H and O–H groups in total. The normalized spacial score (nSPS) is 15.7. The number of nitrogens with one attached hydrogen (secondary N) is 2. The minimum atomic E-state index is -0.311. The summed E-state index contributed by atoms with van der Waals surface area (Å²) in [6.07, 6.45) is 0.325. The van der Waals surface area contributed by atoms with Gasteiger partial charge in [0.2, 0.25) is 5.91 Å². The Hall–Kier alpha value is -3.35. The van der Waals surface area contributed by atoms with Gasteiger partial charge in [-0.2, -0.15) is 5.10 Å². The van der Waals surface area contributed by atoms with Gasteiger partial charge in [-0.25, -0.2) is 4.39 Å². The molecule has 7 heteroatoms. The van der Waals surface area contributed by atoms with E-state index in [1.807, 2.05) is 19.1 Å². The van der Waals surface area contributed by atoms with Crippen molar-refractivity contribution in [2.45, 2.75) is 25.9 Å². The third kappa shape index (κ3) is 3.31. The zero-order valence-corrected chi connectivity index (χ0v) is 15.6. The fraction of sp³-hybridized carbons (Fsp3) is 0.238. The van der Waals surface area contributed by atoms with Gasteiger partial charge in [0.05, 0.1) is 7.11 Å². The second kappa shape index (κ2) is 7.34. The molecule has 0 saturated carbocycles. The number of aromatic nitrogens is 2. The number of hydrogen-bond acceptors (Lipinski definition) is 4. The summed E-state index contributed by atoms with van der Waals surface area (Å²) in [5, 5.41) is 9.88. The first-order chi connectivity index (χ1) is 13.6. The highest BCUT2D eigenvalue weighted by molar-refractivity contribution is 5.94. The SMILES string of the molecule is COc1cc([C@H]2CC(=O)Nc3n[nH]c(C)c32)ccc1OCc1ccccc1F. The lowest BCUT2D eigenvalue weighted by molar-refractivity contribution is -0.116. The molecule has 1 amide bonds. The van der Waals surface area contributed by atoms with E-state index in [0.717, 1.165) is 16.8 Å². The molecule has 144 valence electrons. The number of rotatable bonds is 5. The average molecular weight is 381 g/mol. The number of halogens is 1. The highest BCUT2D eigenvalue weighted by Gasteiger charge is 2.31. The van der Waals surface area contributed by atoms with Crippen molar-refractivity contribution in [2.75, 3.05) is 12.4 Å². The number of ether oxygens (including phenoxy) is 2. The maximum atomic E-state index is 13.8. The largest absolute Gasteiger partial charge is 0.493 e. The molecule has 2 aromatic carbocycles. The number of carbonyl (C=O) groups excluding carboxylic acids is 1. The average Bonchev–Trinajstić information content (AvgIpc) is 3.07. The van der Waals surface area contributed by atoms with E-state index in [1.165, 1.54) is 6.07 Å². The van der Waals surface area contributed by atoms with Gasteiger partial charge in [-0.3, -0.25) is 9.89 Å². The van der Waals surface area contributed by atoms with E-state index in [4.69, 9.17) is 9.47 Å². The number of H-pyrrole nitrogens is 1. The molecule has 0 saturated heterocycles. The van der Waals surface area contributed by atoms with Gasteiger partial charge < -0.3 is 14.8 Å². The lowest BCUT2D eigenvalue weighted by Gasteiger charge is -2.23. The number of benzene rings is 2. The van der Waals surface area contributed by atoms with E-state index >= 15 is 0 Å². The zero-order valence-electron chi connectivity index (χ0n) is 15.6. The summed E-state index contributed by atoms with van der Waals surface area (Å²) in [7, 11) is 1.55. The number of methoxy groups -OCH3 is 1. The Morgan fingerprint density at radius 1 is 1.21 bits per heavy atom. The van der Waals surface area contributed by atoms with Gasteiger partial charge in [0.15, 0.2) is 17.3 Å². The third-order valence-corrected chi connectivity index (χ3v) is 4.92. The summed E-state index contributed by atoms with van der Waals surface area (Å²) >= 11 is 0. The van der Waals surface area contributed by atoms with Crippen molar-refractivity contribution in [3.8, 4) is 11.5 Å². The Morgan fingerprint density at radius 3 is 2.82 bits per heavy atom. The van der Waals surface area contributed by atoms with Gasteiger partial charge in [-0.1, -0.05) is 24.3 Å². The first-order valence-electron chi connectivity index (χ1n) is 8.95. The van der Waals surface area contributed by atoms with Gasteiger partial charge in [0, 0.05) is 29.2 Å². The second-order valence-electron chi connectivity index (χ2n) is 6.71. The fourth-order valence-electron chi connectivity index (χ4n) is 3.51. The number of carbonyl (C=O) groups is 1. The molecule has 1 aliphatic heterocycles. The van der Waals surface area contributed by atoms with Crippen LogP contribution in [0.2, 0.25) is 0 Å². The van der Waals surface area contributed by atoms with Crippen molar-refractivity contribution in [2.24, 2.45) is 0 Å². The van der Waals surface area contributed by atoms with Gasteiger partial charge in [-0.15, -0.1) is 0 Å². The van der Waals surface area contributed by atoms with Gasteiger partial charge >= 0.3 is 0 Å². The third-order valence-electron chi connectivity index (χ3n) is 4.92.